The van der Waals surface area contributed by atoms with Crippen LogP contribution in [-0.2, 0) is 6.54 Å². The molecule has 1 heterocycles. The summed E-state index contributed by atoms with van der Waals surface area (Å²) in [5, 5.41) is 16.2. The van der Waals surface area contributed by atoms with E-state index in [9.17, 15) is 0 Å². The lowest BCUT2D eigenvalue weighted by molar-refractivity contribution is 0.529. The molecule has 1 atom stereocenters. The zero-order chi connectivity index (χ0) is 10.4. The zero-order valence-electron chi connectivity index (χ0n) is 8.90. The van der Waals surface area contributed by atoms with Crippen molar-refractivity contribution in [1.29, 1.82) is 0 Å². The molecule has 0 saturated carbocycles. The van der Waals surface area contributed by atoms with Crippen molar-refractivity contribution in [3.05, 3.63) is 0 Å². The molecule has 0 spiro atoms. The summed E-state index contributed by atoms with van der Waals surface area (Å²) in [7, 11) is 1.92. The molecule has 0 aromatic carbocycles. The monoisotopic (exact) mass is 215 g/mol. The minimum absolute atomic E-state index is 0.564. The Kier molecular flexibility index (Phi) is 4.89. The maximum atomic E-state index is 3.99. The number of hydrogen-bond donors (Lipinski definition) is 1. The number of aromatic nitrogens is 4. The standard InChI is InChI=1S/C8H17N5S/c1-4-7(2)14-8-10-11-12-13(8)6-5-9-3/h7,9H,4-6H2,1-3H3. The fourth-order valence-corrected chi connectivity index (χ4v) is 1.76. The first-order valence-corrected chi connectivity index (χ1v) is 5.73. The first-order chi connectivity index (χ1) is 6.77. The quantitative estimate of drug-likeness (QED) is 0.711. The molecule has 0 fully saturated rings. The Morgan fingerprint density at radius 1 is 1.57 bits per heavy atom. The van der Waals surface area contributed by atoms with E-state index in [1.165, 1.54) is 0 Å². The van der Waals surface area contributed by atoms with E-state index < -0.39 is 0 Å². The van der Waals surface area contributed by atoms with E-state index in [0.717, 1.165) is 24.7 Å². The molecule has 1 N–H and O–H groups in total. The van der Waals surface area contributed by atoms with E-state index in [1.54, 1.807) is 11.8 Å². The Morgan fingerprint density at radius 2 is 2.36 bits per heavy atom. The Labute approximate surface area is 88.6 Å². The van der Waals surface area contributed by atoms with Gasteiger partial charge in [-0.1, -0.05) is 25.6 Å². The van der Waals surface area contributed by atoms with Crippen molar-refractivity contribution in [3.63, 3.8) is 0 Å². The van der Waals surface area contributed by atoms with Crippen LogP contribution in [0.25, 0.3) is 0 Å². The molecule has 1 unspecified atom stereocenters. The average Bonchev–Trinajstić information content (AvgIpc) is 2.62. The Morgan fingerprint density at radius 3 is 3.00 bits per heavy atom. The van der Waals surface area contributed by atoms with Gasteiger partial charge in [0.2, 0.25) is 5.16 Å². The molecule has 14 heavy (non-hydrogen) atoms. The SMILES string of the molecule is CCC(C)Sc1nnnn1CCNC. The van der Waals surface area contributed by atoms with Crippen LogP contribution in [-0.4, -0.2) is 39.0 Å². The first-order valence-electron chi connectivity index (χ1n) is 4.85. The molecular formula is C8H17N5S. The van der Waals surface area contributed by atoms with Gasteiger partial charge < -0.3 is 5.32 Å². The van der Waals surface area contributed by atoms with Crippen LogP contribution in [0.15, 0.2) is 5.16 Å². The van der Waals surface area contributed by atoms with Crippen molar-refractivity contribution in [3.8, 4) is 0 Å². The summed E-state index contributed by atoms with van der Waals surface area (Å²) in [5.74, 6) is 0. The van der Waals surface area contributed by atoms with Crippen LogP contribution < -0.4 is 5.32 Å². The highest BCUT2D eigenvalue weighted by Gasteiger charge is 2.09. The van der Waals surface area contributed by atoms with Crippen molar-refractivity contribution in [2.75, 3.05) is 13.6 Å². The van der Waals surface area contributed by atoms with Crippen LogP contribution in [0.5, 0.6) is 0 Å². The summed E-state index contributed by atoms with van der Waals surface area (Å²) in [4.78, 5) is 0. The van der Waals surface area contributed by atoms with Crippen molar-refractivity contribution < 1.29 is 0 Å². The summed E-state index contributed by atoms with van der Waals surface area (Å²) in [6, 6.07) is 0. The van der Waals surface area contributed by atoms with Gasteiger partial charge in [0.05, 0.1) is 6.54 Å². The van der Waals surface area contributed by atoms with Crippen molar-refractivity contribution in [1.82, 2.24) is 25.5 Å². The summed E-state index contributed by atoms with van der Waals surface area (Å²) >= 11 is 1.73. The largest absolute Gasteiger partial charge is 0.318 e. The van der Waals surface area contributed by atoms with Gasteiger partial charge in [-0.15, -0.1) is 5.10 Å². The third-order valence-electron chi connectivity index (χ3n) is 1.95. The minimum Gasteiger partial charge on any atom is -0.318 e. The molecule has 6 heteroatoms. The average molecular weight is 215 g/mol. The predicted octanol–water partition coefficient (Wildman–Crippen LogP) is 0.783. The van der Waals surface area contributed by atoms with Gasteiger partial charge in [0.15, 0.2) is 0 Å². The number of likely N-dealkylation sites (N-methyl/N-ethyl adjacent to an activating group) is 1. The second-order valence-corrected chi connectivity index (χ2v) is 4.53. The van der Waals surface area contributed by atoms with E-state index in [0.29, 0.717) is 5.25 Å². The summed E-state index contributed by atoms with van der Waals surface area (Å²) in [6.45, 7) is 6.06. The van der Waals surface area contributed by atoms with E-state index in [4.69, 9.17) is 0 Å². The maximum Gasteiger partial charge on any atom is 0.209 e. The molecule has 1 aromatic heterocycles. The lowest BCUT2D eigenvalue weighted by atomic mass is 10.4. The second-order valence-electron chi connectivity index (χ2n) is 3.12. The molecule has 0 saturated heterocycles. The van der Waals surface area contributed by atoms with E-state index >= 15 is 0 Å². The number of nitrogens with zero attached hydrogens (tertiary/aromatic N) is 4. The van der Waals surface area contributed by atoms with Gasteiger partial charge in [-0.2, -0.15) is 0 Å². The number of tetrazole rings is 1. The van der Waals surface area contributed by atoms with Gasteiger partial charge in [-0.05, 0) is 23.9 Å². The summed E-state index contributed by atoms with van der Waals surface area (Å²) in [5.41, 5.74) is 0. The molecule has 5 nitrogen and oxygen atoms in total. The third kappa shape index (κ3) is 3.26. The Balaban J connectivity index is 2.53. The second kappa shape index (κ2) is 5.98. The van der Waals surface area contributed by atoms with E-state index in [2.05, 4.69) is 34.7 Å². The van der Waals surface area contributed by atoms with Crippen LogP contribution >= 0.6 is 11.8 Å². The Bertz CT molecular complexity index is 262. The van der Waals surface area contributed by atoms with Crippen LogP contribution in [0.3, 0.4) is 0 Å². The van der Waals surface area contributed by atoms with Gasteiger partial charge in [0, 0.05) is 11.8 Å². The maximum absolute atomic E-state index is 3.99. The fourth-order valence-electron chi connectivity index (χ4n) is 0.902. The van der Waals surface area contributed by atoms with Gasteiger partial charge >= 0.3 is 0 Å². The van der Waals surface area contributed by atoms with Crippen molar-refractivity contribution in [2.45, 2.75) is 37.2 Å². The molecule has 0 radical (unpaired) electrons. The smallest absolute Gasteiger partial charge is 0.209 e. The highest BCUT2D eigenvalue weighted by Crippen LogP contribution is 2.21. The van der Waals surface area contributed by atoms with Gasteiger partial charge in [0.25, 0.3) is 0 Å². The molecule has 1 rings (SSSR count). The third-order valence-corrected chi connectivity index (χ3v) is 3.19. The molecule has 1 aromatic rings. The molecule has 0 aliphatic heterocycles. The van der Waals surface area contributed by atoms with Crippen LogP contribution in [0.4, 0.5) is 0 Å². The Hall–Kier alpha value is -0.620. The highest BCUT2D eigenvalue weighted by molar-refractivity contribution is 7.99. The number of thioether (sulfide) groups is 1. The van der Waals surface area contributed by atoms with Gasteiger partial charge in [-0.3, -0.25) is 0 Å². The summed E-state index contributed by atoms with van der Waals surface area (Å²) in [6.07, 6.45) is 1.13. The zero-order valence-corrected chi connectivity index (χ0v) is 9.71. The van der Waals surface area contributed by atoms with E-state index in [-0.39, 0.29) is 0 Å². The molecule has 80 valence electrons. The number of rotatable bonds is 6. The fraction of sp³-hybridized carbons (Fsp3) is 0.875. The normalized spacial score (nSPS) is 13.1. The molecule has 0 aliphatic rings. The van der Waals surface area contributed by atoms with Crippen LogP contribution in [0.1, 0.15) is 20.3 Å². The molecule has 0 bridgehead atoms. The van der Waals surface area contributed by atoms with Gasteiger partial charge in [0.1, 0.15) is 0 Å². The molecule has 0 aliphatic carbocycles. The number of hydrogen-bond acceptors (Lipinski definition) is 5. The van der Waals surface area contributed by atoms with Crippen LogP contribution in [0, 0.1) is 0 Å². The van der Waals surface area contributed by atoms with Crippen LogP contribution in [0.2, 0.25) is 0 Å². The van der Waals surface area contributed by atoms with Gasteiger partial charge in [-0.25, -0.2) is 4.68 Å². The van der Waals surface area contributed by atoms with E-state index in [1.807, 2.05) is 11.7 Å². The van der Waals surface area contributed by atoms with Crippen molar-refractivity contribution in [2.24, 2.45) is 0 Å². The molecular weight excluding hydrogens is 198 g/mol. The predicted molar refractivity (Wildman–Crippen MR) is 57.4 cm³/mol. The minimum atomic E-state index is 0.564. The molecule has 0 amide bonds. The topological polar surface area (TPSA) is 55.6 Å². The van der Waals surface area contributed by atoms with Crippen molar-refractivity contribution >= 4 is 11.8 Å². The number of nitrogens with one attached hydrogen (secondary N) is 1. The lowest BCUT2D eigenvalue weighted by Gasteiger charge is -2.07. The lowest BCUT2D eigenvalue weighted by Crippen LogP contribution is -2.16. The highest BCUT2D eigenvalue weighted by atomic mass is 32.2. The summed E-state index contributed by atoms with van der Waals surface area (Å²) < 4.78 is 1.84. The first kappa shape index (κ1) is 11.5.